The molecule has 12 heavy (non-hydrogen) atoms. The highest BCUT2D eigenvalue weighted by atomic mass is 35.5. The third kappa shape index (κ3) is 3.11. The molecule has 0 aromatic carbocycles. The third-order valence-corrected chi connectivity index (χ3v) is 1.59. The number of nitrogens with one attached hydrogen (secondary N) is 1. The van der Waals surface area contributed by atoms with E-state index in [-0.39, 0.29) is 18.4 Å². The molecular formula is C9H15ClN2. The van der Waals surface area contributed by atoms with Crippen LogP contribution in [0.15, 0.2) is 30.5 Å². The molecule has 68 valence electrons. The summed E-state index contributed by atoms with van der Waals surface area (Å²) in [4.78, 5) is 3.08. The molecule has 2 nitrogen and oxygen atoms in total. The molecule has 0 saturated heterocycles. The van der Waals surface area contributed by atoms with Crippen LogP contribution in [0.4, 0.5) is 0 Å². The first-order chi connectivity index (χ1) is 5.20. The van der Waals surface area contributed by atoms with Crippen LogP contribution in [0.3, 0.4) is 0 Å². The Morgan fingerprint density at radius 3 is 2.83 bits per heavy atom. The molecule has 3 heteroatoms. The molecule has 0 aliphatic heterocycles. The van der Waals surface area contributed by atoms with E-state index in [9.17, 15) is 0 Å². The Hall–Kier alpha value is -0.730. The predicted octanol–water partition coefficient (Wildman–Crippen LogP) is 2.40. The minimum absolute atomic E-state index is 0. The molecule has 1 aromatic rings. The van der Waals surface area contributed by atoms with Crippen molar-refractivity contribution in [2.24, 2.45) is 5.73 Å². The van der Waals surface area contributed by atoms with E-state index in [1.54, 1.807) is 0 Å². The van der Waals surface area contributed by atoms with Crippen molar-refractivity contribution >= 4 is 12.4 Å². The predicted molar refractivity (Wildman–Crippen MR) is 54.4 cm³/mol. The molecule has 0 radical (unpaired) electrons. The number of hydrogen-bond donors (Lipinski definition) is 2. The van der Waals surface area contributed by atoms with Crippen molar-refractivity contribution in [1.82, 2.24) is 4.98 Å². The van der Waals surface area contributed by atoms with E-state index in [1.165, 1.54) is 0 Å². The number of nitrogens with two attached hydrogens (primary N) is 1. The fourth-order valence-corrected chi connectivity index (χ4v) is 1.06. The van der Waals surface area contributed by atoms with Crippen molar-refractivity contribution in [2.45, 2.75) is 19.4 Å². The lowest BCUT2D eigenvalue weighted by Gasteiger charge is -2.08. The molecular weight excluding hydrogens is 172 g/mol. The Morgan fingerprint density at radius 2 is 2.42 bits per heavy atom. The van der Waals surface area contributed by atoms with Gasteiger partial charge in [0.1, 0.15) is 0 Å². The van der Waals surface area contributed by atoms with E-state index in [0.717, 1.165) is 17.7 Å². The van der Waals surface area contributed by atoms with Crippen LogP contribution in [0.25, 0.3) is 0 Å². The lowest BCUT2D eigenvalue weighted by Crippen LogP contribution is -2.10. The van der Waals surface area contributed by atoms with Crippen molar-refractivity contribution in [3.05, 3.63) is 36.2 Å². The van der Waals surface area contributed by atoms with Crippen LogP contribution in [0, 0.1) is 0 Å². The summed E-state index contributed by atoms with van der Waals surface area (Å²) in [5.74, 6) is 0. The highest BCUT2D eigenvalue weighted by Crippen LogP contribution is 2.14. The van der Waals surface area contributed by atoms with Gasteiger partial charge in [-0.05, 0) is 25.5 Å². The molecule has 1 aromatic heterocycles. The lowest BCUT2D eigenvalue weighted by atomic mass is 10.1. The quantitative estimate of drug-likeness (QED) is 0.700. The monoisotopic (exact) mass is 186 g/mol. The fourth-order valence-electron chi connectivity index (χ4n) is 1.06. The Balaban J connectivity index is 0.00000121. The zero-order valence-electron chi connectivity index (χ0n) is 7.21. The van der Waals surface area contributed by atoms with Gasteiger partial charge in [0.25, 0.3) is 0 Å². The summed E-state index contributed by atoms with van der Waals surface area (Å²) in [6.07, 6.45) is 2.73. The molecule has 0 aliphatic carbocycles. The Morgan fingerprint density at radius 1 is 1.75 bits per heavy atom. The highest BCUT2D eigenvalue weighted by molar-refractivity contribution is 5.85. The molecule has 1 heterocycles. The van der Waals surface area contributed by atoms with Crippen molar-refractivity contribution in [3.63, 3.8) is 0 Å². The number of halogens is 1. The number of aromatic nitrogens is 1. The molecule has 0 saturated carbocycles. The normalized spacial score (nSPS) is 11.8. The van der Waals surface area contributed by atoms with E-state index in [2.05, 4.69) is 11.6 Å². The molecule has 0 aliphatic rings. The standard InChI is InChI=1S/C9H14N2.ClH/c1-7(2)6-8(10)9-4-3-5-11-9;/h3-5,8,11H,1,6,10H2,2H3;1H/t8-;/m0./s1. The van der Waals surface area contributed by atoms with E-state index >= 15 is 0 Å². The molecule has 0 spiro atoms. The van der Waals surface area contributed by atoms with Crippen molar-refractivity contribution in [1.29, 1.82) is 0 Å². The Bertz CT molecular complexity index is 229. The average molecular weight is 187 g/mol. The van der Waals surface area contributed by atoms with E-state index in [0.29, 0.717) is 0 Å². The summed E-state index contributed by atoms with van der Waals surface area (Å²) in [7, 11) is 0. The van der Waals surface area contributed by atoms with Gasteiger partial charge in [-0.15, -0.1) is 19.0 Å². The van der Waals surface area contributed by atoms with Crippen LogP contribution in [0.1, 0.15) is 25.1 Å². The number of H-pyrrole nitrogens is 1. The van der Waals surface area contributed by atoms with Crippen LogP contribution in [-0.4, -0.2) is 4.98 Å². The van der Waals surface area contributed by atoms with E-state index in [1.807, 2.05) is 25.3 Å². The van der Waals surface area contributed by atoms with Gasteiger partial charge in [0.15, 0.2) is 0 Å². The van der Waals surface area contributed by atoms with Gasteiger partial charge in [-0.2, -0.15) is 0 Å². The van der Waals surface area contributed by atoms with Gasteiger partial charge in [0.05, 0.1) is 0 Å². The van der Waals surface area contributed by atoms with Gasteiger partial charge in [0, 0.05) is 17.9 Å². The van der Waals surface area contributed by atoms with Crippen molar-refractivity contribution in [2.75, 3.05) is 0 Å². The summed E-state index contributed by atoms with van der Waals surface area (Å²) in [6.45, 7) is 5.80. The van der Waals surface area contributed by atoms with Crippen LogP contribution in [0.2, 0.25) is 0 Å². The van der Waals surface area contributed by atoms with Crippen LogP contribution in [-0.2, 0) is 0 Å². The average Bonchev–Trinajstić information content (AvgIpc) is 2.35. The van der Waals surface area contributed by atoms with Gasteiger partial charge in [-0.1, -0.05) is 5.57 Å². The summed E-state index contributed by atoms with van der Waals surface area (Å²) < 4.78 is 0. The maximum atomic E-state index is 5.85. The van der Waals surface area contributed by atoms with E-state index < -0.39 is 0 Å². The Kier molecular flexibility index (Phi) is 4.71. The first-order valence-corrected chi connectivity index (χ1v) is 3.73. The first kappa shape index (κ1) is 11.3. The minimum Gasteiger partial charge on any atom is -0.364 e. The smallest absolute Gasteiger partial charge is 0.0485 e. The van der Waals surface area contributed by atoms with Crippen LogP contribution < -0.4 is 5.73 Å². The summed E-state index contributed by atoms with van der Waals surface area (Å²) in [6, 6.07) is 4.02. The molecule has 3 N–H and O–H groups in total. The molecule has 0 bridgehead atoms. The number of aromatic amines is 1. The second-order valence-electron chi connectivity index (χ2n) is 2.89. The van der Waals surface area contributed by atoms with Gasteiger partial charge < -0.3 is 10.7 Å². The third-order valence-electron chi connectivity index (χ3n) is 1.59. The molecule has 0 fully saturated rings. The summed E-state index contributed by atoms with van der Waals surface area (Å²) >= 11 is 0. The lowest BCUT2D eigenvalue weighted by molar-refractivity contribution is 0.697. The van der Waals surface area contributed by atoms with Gasteiger partial charge in [-0.3, -0.25) is 0 Å². The minimum atomic E-state index is 0. The first-order valence-electron chi connectivity index (χ1n) is 3.73. The Labute approximate surface area is 79.3 Å². The number of rotatable bonds is 3. The molecule has 0 amide bonds. The van der Waals surface area contributed by atoms with E-state index in [4.69, 9.17) is 5.73 Å². The molecule has 1 atom stereocenters. The van der Waals surface area contributed by atoms with Crippen LogP contribution >= 0.6 is 12.4 Å². The van der Waals surface area contributed by atoms with Crippen molar-refractivity contribution < 1.29 is 0 Å². The fraction of sp³-hybridized carbons (Fsp3) is 0.333. The largest absolute Gasteiger partial charge is 0.364 e. The number of hydrogen-bond acceptors (Lipinski definition) is 1. The van der Waals surface area contributed by atoms with Gasteiger partial charge in [-0.25, -0.2) is 0 Å². The topological polar surface area (TPSA) is 41.8 Å². The van der Waals surface area contributed by atoms with Crippen LogP contribution in [0.5, 0.6) is 0 Å². The summed E-state index contributed by atoms with van der Waals surface area (Å²) in [5, 5.41) is 0. The van der Waals surface area contributed by atoms with Gasteiger partial charge in [0.2, 0.25) is 0 Å². The second kappa shape index (κ2) is 5.01. The maximum Gasteiger partial charge on any atom is 0.0485 e. The second-order valence-corrected chi connectivity index (χ2v) is 2.89. The molecule has 0 unspecified atom stereocenters. The molecule has 1 rings (SSSR count). The zero-order valence-corrected chi connectivity index (χ0v) is 8.03. The zero-order chi connectivity index (χ0) is 8.27. The van der Waals surface area contributed by atoms with Crippen molar-refractivity contribution in [3.8, 4) is 0 Å². The SMILES string of the molecule is C=C(C)C[C@H](N)c1ccc[nH]1.Cl. The summed E-state index contributed by atoms with van der Waals surface area (Å²) in [5.41, 5.74) is 8.04. The van der Waals surface area contributed by atoms with Gasteiger partial charge >= 0.3 is 0 Å². The maximum absolute atomic E-state index is 5.85. The highest BCUT2D eigenvalue weighted by Gasteiger charge is 2.04.